The number of H-pyrrole nitrogens is 1. The van der Waals surface area contributed by atoms with Gasteiger partial charge in [-0.25, -0.2) is 4.39 Å². The molecule has 0 aliphatic heterocycles. The molecule has 1 heterocycles. The van der Waals surface area contributed by atoms with Crippen molar-refractivity contribution in [2.24, 2.45) is 5.73 Å². The van der Waals surface area contributed by atoms with Gasteiger partial charge in [-0.1, -0.05) is 12.2 Å². The van der Waals surface area contributed by atoms with E-state index < -0.39 is 5.91 Å². The number of carbonyl (C=O) groups excluding carboxylic acids is 1. The highest BCUT2D eigenvalue weighted by Gasteiger charge is 2.13. The maximum Gasteiger partial charge on any atom is 0.256 e. The SMILES string of the molecule is Cc1cc(C(=O)Nc2[nH]ncc2C(N)=S)ccc1F. The van der Waals surface area contributed by atoms with E-state index >= 15 is 0 Å². The molecule has 19 heavy (non-hydrogen) atoms. The number of halogens is 1. The van der Waals surface area contributed by atoms with Crippen molar-refractivity contribution in [2.45, 2.75) is 6.92 Å². The zero-order valence-electron chi connectivity index (χ0n) is 10.0. The van der Waals surface area contributed by atoms with Crippen LogP contribution in [0.1, 0.15) is 21.5 Å². The summed E-state index contributed by atoms with van der Waals surface area (Å²) < 4.78 is 13.1. The zero-order chi connectivity index (χ0) is 14.0. The molecule has 98 valence electrons. The number of anilines is 1. The molecular formula is C12H11FN4OS. The maximum atomic E-state index is 13.1. The standard InChI is InChI=1S/C12H11FN4OS/c1-6-4-7(2-3-9(6)13)12(18)16-11-8(10(14)19)5-15-17-11/h2-5H,1H3,(H2,14,19)(H2,15,16,17,18). The van der Waals surface area contributed by atoms with Crippen LogP contribution < -0.4 is 11.1 Å². The summed E-state index contributed by atoms with van der Waals surface area (Å²) in [5.41, 5.74) is 6.67. The number of nitrogens with one attached hydrogen (secondary N) is 2. The van der Waals surface area contributed by atoms with Crippen LogP contribution in [0.3, 0.4) is 0 Å². The highest BCUT2D eigenvalue weighted by atomic mass is 32.1. The fraction of sp³-hybridized carbons (Fsp3) is 0.0833. The van der Waals surface area contributed by atoms with Gasteiger partial charge >= 0.3 is 0 Å². The van der Waals surface area contributed by atoms with Crippen molar-refractivity contribution in [3.05, 3.63) is 46.9 Å². The molecule has 0 aliphatic rings. The van der Waals surface area contributed by atoms with Gasteiger partial charge in [0.2, 0.25) is 0 Å². The van der Waals surface area contributed by atoms with E-state index in [0.29, 0.717) is 22.5 Å². The third-order valence-electron chi connectivity index (χ3n) is 2.56. The first kappa shape index (κ1) is 13.2. The number of nitrogens with two attached hydrogens (primary N) is 1. The number of carbonyl (C=O) groups is 1. The van der Waals surface area contributed by atoms with Crippen molar-refractivity contribution in [1.29, 1.82) is 0 Å². The largest absolute Gasteiger partial charge is 0.389 e. The molecule has 5 nitrogen and oxygen atoms in total. The fourth-order valence-corrected chi connectivity index (χ4v) is 1.69. The second-order valence-electron chi connectivity index (χ2n) is 3.94. The van der Waals surface area contributed by atoms with Crippen molar-refractivity contribution in [3.63, 3.8) is 0 Å². The molecule has 7 heteroatoms. The quantitative estimate of drug-likeness (QED) is 0.747. The van der Waals surface area contributed by atoms with Crippen LogP contribution in [-0.2, 0) is 0 Å². The van der Waals surface area contributed by atoms with E-state index in [-0.39, 0.29) is 10.8 Å². The molecule has 0 radical (unpaired) electrons. The number of nitrogens with zero attached hydrogens (tertiary/aromatic N) is 1. The molecule has 2 rings (SSSR count). The zero-order valence-corrected chi connectivity index (χ0v) is 10.8. The lowest BCUT2D eigenvalue weighted by molar-refractivity contribution is 0.102. The monoisotopic (exact) mass is 278 g/mol. The van der Waals surface area contributed by atoms with Crippen LogP contribution in [-0.4, -0.2) is 21.1 Å². The summed E-state index contributed by atoms with van der Waals surface area (Å²) in [6.07, 6.45) is 1.42. The molecule has 2 aromatic rings. The van der Waals surface area contributed by atoms with Gasteiger partial charge in [0.05, 0.1) is 11.8 Å². The van der Waals surface area contributed by atoms with Crippen LogP contribution in [0.5, 0.6) is 0 Å². The Labute approximate surface area is 114 Å². The van der Waals surface area contributed by atoms with Crippen LogP contribution in [0.25, 0.3) is 0 Å². The Hall–Kier alpha value is -2.28. The van der Waals surface area contributed by atoms with Crippen molar-refractivity contribution >= 4 is 28.9 Å². The van der Waals surface area contributed by atoms with Gasteiger partial charge in [0.15, 0.2) is 0 Å². The van der Waals surface area contributed by atoms with Gasteiger partial charge in [0, 0.05) is 5.56 Å². The predicted octanol–water partition coefficient (Wildman–Crippen LogP) is 1.74. The molecule has 0 bridgehead atoms. The molecule has 0 spiro atoms. The van der Waals surface area contributed by atoms with Gasteiger partial charge in [0.1, 0.15) is 16.6 Å². The summed E-state index contributed by atoms with van der Waals surface area (Å²) in [5, 5.41) is 8.93. The van der Waals surface area contributed by atoms with E-state index in [9.17, 15) is 9.18 Å². The van der Waals surface area contributed by atoms with Crippen LogP contribution >= 0.6 is 12.2 Å². The minimum absolute atomic E-state index is 0.124. The summed E-state index contributed by atoms with van der Waals surface area (Å²) in [4.78, 5) is 12.1. The van der Waals surface area contributed by atoms with Crippen molar-refractivity contribution in [1.82, 2.24) is 10.2 Å². The highest BCUT2D eigenvalue weighted by molar-refractivity contribution is 7.80. The molecular weight excluding hydrogens is 267 g/mol. The van der Waals surface area contributed by atoms with E-state index in [1.165, 1.54) is 24.4 Å². The third-order valence-corrected chi connectivity index (χ3v) is 2.78. The Morgan fingerprint density at radius 3 is 2.89 bits per heavy atom. The van der Waals surface area contributed by atoms with Gasteiger partial charge in [-0.15, -0.1) is 0 Å². The predicted molar refractivity (Wildman–Crippen MR) is 73.6 cm³/mol. The van der Waals surface area contributed by atoms with E-state index in [0.717, 1.165) is 0 Å². The van der Waals surface area contributed by atoms with E-state index in [2.05, 4.69) is 15.5 Å². The molecule has 4 N–H and O–H groups in total. The third kappa shape index (κ3) is 2.76. The van der Waals surface area contributed by atoms with E-state index in [1.807, 2.05) is 0 Å². The lowest BCUT2D eigenvalue weighted by Crippen LogP contribution is -2.17. The van der Waals surface area contributed by atoms with Crippen LogP contribution in [0, 0.1) is 12.7 Å². The molecule has 1 aromatic heterocycles. The van der Waals surface area contributed by atoms with Gasteiger partial charge in [0.25, 0.3) is 5.91 Å². The number of benzene rings is 1. The number of hydrogen-bond acceptors (Lipinski definition) is 3. The van der Waals surface area contributed by atoms with E-state index in [4.69, 9.17) is 18.0 Å². The average molecular weight is 278 g/mol. The average Bonchev–Trinajstić information content (AvgIpc) is 2.80. The van der Waals surface area contributed by atoms with Crippen LogP contribution in [0.2, 0.25) is 0 Å². The number of thiocarbonyl (C=S) groups is 1. The molecule has 0 atom stereocenters. The Morgan fingerprint density at radius 1 is 1.53 bits per heavy atom. The molecule has 0 saturated carbocycles. The fourth-order valence-electron chi connectivity index (χ4n) is 1.54. The summed E-state index contributed by atoms with van der Waals surface area (Å²) in [5.74, 6) is -0.439. The Kier molecular flexibility index (Phi) is 3.57. The first-order valence-corrected chi connectivity index (χ1v) is 5.80. The van der Waals surface area contributed by atoms with Gasteiger partial charge < -0.3 is 11.1 Å². The van der Waals surface area contributed by atoms with Crippen molar-refractivity contribution in [3.8, 4) is 0 Å². The number of amides is 1. The number of aryl methyl sites for hydroxylation is 1. The molecule has 0 fully saturated rings. The lowest BCUT2D eigenvalue weighted by atomic mass is 10.1. The Bertz CT molecular complexity index is 653. The minimum Gasteiger partial charge on any atom is -0.389 e. The van der Waals surface area contributed by atoms with Gasteiger partial charge in [-0.2, -0.15) is 5.10 Å². The summed E-state index contributed by atoms with van der Waals surface area (Å²) >= 11 is 4.83. The lowest BCUT2D eigenvalue weighted by Gasteiger charge is -2.06. The smallest absolute Gasteiger partial charge is 0.256 e. The molecule has 1 amide bonds. The molecule has 0 aliphatic carbocycles. The number of aromatic nitrogens is 2. The topological polar surface area (TPSA) is 83.8 Å². The second kappa shape index (κ2) is 5.15. The second-order valence-corrected chi connectivity index (χ2v) is 4.38. The first-order chi connectivity index (χ1) is 8.99. The normalized spacial score (nSPS) is 10.2. The highest BCUT2D eigenvalue weighted by Crippen LogP contribution is 2.14. The Morgan fingerprint density at radius 2 is 2.26 bits per heavy atom. The number of aromatic amines is 1. The van der Waals surface area contributed by atoms with Crippen LogP contribution in [0.15, 0.2) is 24.4 Å². The summed E-state index contributed by atoms with van der Waals surface area (Å²) in [7, 11) is 0. The first-order valence-electron chi connectivity index (χ1n) is 5.39. The van der Waals surface area contributed by atoms with Crippen LogP contribution in [0.4, 0.5) is 10.2 Å². The number of hydrogen-bond donors (Lipinski definition) is 3. The van der Waals surface area contributed by atoms with Crippen molar-refractivity contribution in [2.75, 3.05) is 5.32 Å². The summed E-state index contributed by atoms with van der Waals surface area (Å²) in [6.45, 7) is 1.59. The van der Waals surface area contributed by atoms with Crippen molar-refractivity contribution < 1.29 is 9.18 Å². The minimum atomic E-state index is -0.398. The molecule has 0 saturated heterocycles. The number of rotatable bonds is 3. The molecule has 0 unspecified atom stereocenters. The maximum absolute atomic E-state index is 13.1. The van der Waals surface area contributed by atoms with Gasteiger partial charge in [-0.3, -0.25) is 9.89 Å². The van der Waals surface area contributed by atoms with Gasteiger partial charge in [-0.05, 0) is 30.7 Å². The van der Waals surface area contributed by atoms with E-state index in [1.54, 1.807) is 6.92 Å². The molecule has 1 aromatic carbocycles. The summed E-state index contributed by atoms with van der Waals surface area (Å²) in [6, 6.07) is 4.10. The Balaban J connectivity index is 2.23.